The molecule has 1 rings (SSSR count). The van der Waals surface area contributed by atoms with Crippen LogP contribution in [0.3, 0.4) is 0 Å². The number of non-ortho nitro benzene ring substituents is 1. The first-order chi connectivity index (χ1) is 9.90. The topological polar surface area (TPSA) is 83.8 Å². The van der Waals surface area contributed by atoms with Crippen LogP contribution in [-0.4, -0.2) is 53.2 Å². The molecule has 0 radical (unpaired) electrons. The van der Waals surface area contributed by atoms with Gasteiger partial charge in [0, 0.05) is 37.8 Å². The summed E-state index contributed by atoms with van der Waals surface area (Å²) in [4.78, 5) is 37.2. The minimum absolute atomic E-state index is 0.0524. The van der Waals surface area contributed by atoms with Crippen molar-refractivity contribution in [1.82, 2.24) is 9.80 Å². The maximum absolute atomic E-state index is 12.2. The number of nitrogens with zero attached hydrogens (tertiary/aromatic N) is 3. The molecule has 0 heterocycles. The molecule has 0 aliphatic rings. The number of hydrogen-bond acceptors (Lipinski definition) is 4. The zero-order chi connectivity index (χ0) is 16.0. The van der Waals surface area contributed by atoms with Crippen LogP contribution in [0, 0.1) is 10.1 Å². The number of nitro benzene ring substituents is 1. The molecular weight excluding hydrogens is 274 g/mol. The zero-order valence-corrected chi connectivity index (χ0v) is 12.4. The first-order valence-electron chi connectivity index (χ1n) is 6.68. The van der Waals surface area contributed by atoms with Crippen LogP contribution in [0.2, 0.25) is 0 Å². The standard InChI is InChI=1S/C14H19N3O4/c1-4-16(5-2)13(18)10-15(3)14(19)11-7-6-8-12(9-11)17(20)21/h6-9H,4-5,10H2,1-3H3. The molecule has 0 unspecified atom stereocenters. The summed E-state index contributed by atoms with van der Waals surface area (Å²) in [6.45, 7) is 4.83. The summed E-state index contributed by atoms with van der Waals surface area (Å²) < 4.78 is 0. The Balaban J connectivity index is 2.81. The van der Waals surface area contributed by atoms with Crippen LogP contribution in [0.5, 0.6) is 0 Å². The molecule has 1 aromatic rings. The molecule has 0 aliphatic heterocycles. The summed E-state index contributed by atoms with van der Waals surface area (Å²) in [5, 5.41) is 10.7. The maximum atomic E-state index is 12.2. The third kappa shape index (κ3) is 4.27. The lowest BCUT2D eigenvalue weighted by atomic mass is 10.2. The summed E-state index contributed by atoms with van der Waals surface area (Å²) >= 11 is 0. The molecule has 1 aromatic carbocycles. The fraction of sp³-hybridized carbons (Fsp3) is 0.429. The monoisotopic (exact) mass is 293 g/mol. The highest BCUT2D eigenvalue weighted by molar-refractivity contribution is 5.96. The van der Waals surface area contributed by atoms with Crippen molar-refractivity contribution in [2.24, 2.45) is 0 Å². The van der Waals surface area contributed by atoms with Crippen molar-refractivity contribution >= 4 is 17.5 Å². The first kappa shape index (κ1) is 16.6. The molecule has 7 heteroatoms. The Kier molecular flexibility index (Phi) is 5.83. The van der Waals surface area contributed by atoms with E-state index in [9.17, 15) is 19.7 Å². The van der Waals surface area contributed by atoms with Crippen molar-refractivity contribution in [2.45, 2.75) is 13.8 Å². The number of amides is 2. The molecule has 0 N–H and O–H groups in total. The lowest BCUT2D eigenvalue weighted by Crippen LogP contribution is -2.41. The van der Waals surface area contributed by atoms with E-state index in [0.717, 1.165) is 0 Å². The Bertz CT molecular complexity index is 541. The molecule has 0 saturated carbocycles. The van der Waals surface area contributed by atoms with E-state index in [4.69, 9.17) is 0 Å². The van der Waals surface area contributed by atoms with Crippen molar-refractivity contribution in [3.63, 3.8) is 0 Å². The van der Waals surface area contributed by atoms with E-state index in [1.54, 1.807) is 4.90 Å². The molecule has 114 valence electrons. The number of benzene rings is 1. The second-order valence-electron chi connectivity index (χ2n) is 4.53. The normalized spacial score (nSPS) is 10.0. The Morgan fingerprint density at radius 2 is 1.86 bits per heavy atom. The van der Waals surface area contributed by atoms with Gasteiger partial charge in [0.25, 0.3) is 11.6 Å². The van der Waals surface area contributed by atoms with E-state index >= 15 is 0 Å². The van der Waals surface area contributed by atoms with E-state index in [2.05, 4.69) is 0 Å². The molecule has 2 amide bonds. The quantitative estimate of drug-likeness (QED) is 0.588. The maximum Gasteiger partial charge on any atom is 0.270 e. The van der Waals surface area contributed by atoms with Crippen LogP contribution in [0.15, 0.2) is 24.3 Å². The summed E-state index contributed by atoms with van der Waals surface area (Å²) in [6.07, 6.45) is 0. The molecule has 0 aromatic heterocycles. The number of likely N-dealkylation sites (N-methyl/N-ethyl adjacent to an activating group) is 2. The minimum atomic E-state index is -0.558. The molecule has 0 atom stereocenters. The van der Waals surface area contributed by atoms with Gasteiger partial charge in [0.1, 0.15) is 0 Å². The third-order valence-corrected chi connectivity index (χ3v) is 3.14. The molecule has 0 spiro atoms. The molecule has 7 nitrogen and oxygen atoms in total. The Labute approximate surface area is 123 Å². The highest BCUT2D eigenvalue weighted by atomic mass is 16.6. The number of hydrogen-bond donors (Lipinski definition) is 0. The van der Waals surface area contributed by atoms with Crippen molar-refractivity contribution in [1.29, 1.82) is 0 Å². The highest BCUT2D eigenvalue weighted by Crippen LogP contribution is 2.14. The average molecular weight is 293 g/mol. The van der Waals surface area contributed by atoms with Gasteiger partial charge >= 0.3 is 0 Å². The van der Waals surface area contributed by atoms with Gasteiger partial charge < -0.3 is 9.80 Å². The highest BCUT2D eigenvalue weighted by Gasteiger charge is 2.19. The van der Waals surface area contributed by atoms with Gasteiger partial charge in [-0.3, -0.25) is 19.7 Å². The molecule has 0 aliphatic carbocycles. The van der Waals surface area contributed by atoms with Gasteiger partial charge in [-0.2, -0.15) is 0 Å². The molecule has 21 heavy (non-hydrogen) atoms. The average Bonchev–Trinajstić information content (AvgIpc) is 2.47. The number of rotatable bonds is 6. The van der Waals surface area contributed by atoms with Crippen molar-refractivity contribution in [2.75, 3.05) is 26.7 Å². The van der Waals surface area contributed by atoms with Gasteiger partial charge in [0.15, 0.2) is 0 Å². The van der Waals surface area contributed by atoms with Crippen LogP contribution in [0.25, 0.3) is 0 Å². The predicted molar refractivity (Wildman–Crippen MR) is 78.0 cm³/mol. The van der Waals surface area contributed by atoms with Crippen molar-refractivity contribution in [3.8, 4) is 0 Å². The van der Waals surface area contributed by atoms with Crippen LogP contribution in [-0.2, 0) is 4.79 Å². The molecule has 0 bridgehead atoms. The smallest absolute Gasteiger partial charge is 0.270 e. The van der Waals surface area contributed by atoms with Gasteiger partial charge in [-0.1, -0.05) is 6.07 Å². The summed E-state index contributed by atoms with van der Waals surface area (Å²) in [7, 11) is 1.50. The van der Waals surface area contributed by atoms with Gasteiger partial charge in [0.05, 0.1) is 11.5 Å². The second-order valence-corrected chi connectivity index (χ2v) is 4.53. The third-order valence-electron chi connectivity index (χ3n) is 3.14. The Morgan fingerprint density at radius 1 is 1.24 bits per heavy atom. The van der Waals surface area contributed by atoms with Crippen LogP contribution >= 0.6 is 0 Å². The van der Waals surface area contributed by atoms with E-state index in [-0.39, 0.29) is 23.7 Å². The fourth-order valence-corrected chi connectivity index (χ4v) is 1.92. The van der Waals surface area contributed by atoms with Crippen LogP contribution in [0.1, 0.15) is 24.2 Å². The van der Waals surface area contributed by atoms with Crippen LogP contribution < -0.4 is 0 Å². The second kappa shape index (κ2) is 7.37. The van der Waals surface area contributed by atoms with Crippen LogP contribution in [0.4, 0.5) is 5.69 Å². The van der Waals surface area contributed by atoms with E-state index in [1.165, 1.54) is 36.2 Å². The summed E-state index contributed by atoms with van der Waals surface area (Å²) in [6, 6.07) is 5.47. The first-order valence-corrected chi connectivity index (χ1v) is 6.68. The Hall–Kier alpha value is -2.44. The molecular formula is C14H19N3O4. The minimum Gasteiger partial charge on any atom is -0.342 e. The van der Waals surface area contributed by atoms with Gasteiger partial charge in [0.2, 0.25) is 5.91 Å². The fourth-order valence-electron chi connectivity index (χ4n) is 1.92. The predicted octanol–water partition coefficient (Wildman–Crippen LogP) is 1.54. The van der Waals surface area contributed by atoms with E-state index in [0.29, 0.717) is 13.1 Å². The van der Waals surface area contributed by atoms with Gasteiger partial charge in [-0.05, 0) is 19.9 Å². The molecule has 0 fully saturated rings. The molecule has 0 saturated heterocycles. The number of carbonyl (C=O) groups excluding carboxylic acids is 2. The van der Waals surface area contributed by atoms with Crippen molar-refractivity contribution < 1.29 is 14.5 Å². The lowest BCUT2D eigenvalue weighted by Gasteiger charge is -2.23. The number of nitro groups is 1. The summed E-state index contributed by atoms with van der Waals surface area (Å²) in [5.74, 6) is -0.569. The summed E-state index contributed by atoms with van der Waals surface area (Å²) in [5.41, 5.74) is 0.0448. The SMILES string of the molecule is CCN(CC)C(=O)CN(C)C(=O)c1cccc([N+](=O)[O-])c1. The largest absolute Gasteiger partial charge is 0.342 e. The van der Waals surface area contributed by atoms with Gasteiger partial charge in [-0.25, -0.2) is 0 Å². The lowest BCUT2D eigenvalue weighted by molar-refractivity contribution is -0.384. The zero-order valence-electron chi connectivity index (χ0n) is 12.4. The van der Waals surface area contributed by atoms with Gasteiger partial charge in [-0.15, -0.1) is 0 Å². The number of carbonyl (C=O) groups is 2. The van der Waals surface area contributed by atoms with Crippen molar-refractivity contribution in [3.05, 3.63) is 39.9 Å². The van der Waals surface area contributed by atoms with E-state index in [1.807, 2.05) is 13.8 Å². The van der Waals surface area contributed by atoms with E-state index < -0.39 is 10.8 Å². The Morgan fingerprint density at radius 3 is 2.38 bits per heavy atom.